The van der Waals surface area contributed by atoms with Gasteiger partial charge in [0.2, 0.25) is 17.3 Å². The minimum absolute atomic E-state index is 0.417. The van der Waals surface area contributed by atoms with Gasteiger partial charge in [-0.2, -0.15) is 4.98 Å². The van der Waals surface area contributed by atoms with Crippen molar-refractivity contribution in [1.82, 2.24) is 15.2 Å². The average molecular weight is 470 g/mol. The zero-order chi connectivity index (χ0) is 16.7. The van der Waals surface area contributed by atoms with Crippen molar-refractivity contribution in [2.45, 2.75) is 11.4 Å². The van der Waals surface area contributed by atoms with Crippen LogP contribution in [0.15, 0.2) is 49.0 Å². The number of rotatable bonds is 2. The number of benzene rings is 1. The van der Waals surface area contributed by atoms with Crippen LogP contribution in [0.25, 0.3) is 11.3 Å². The van der Waals surface area contributed by atoms with E-state index in [1.54, 1.807) is 0 Å². The number of halogens is 2. The van der Waals surface area contributed by atoms with Gasteiger partial charge in [0.25, 0.3) is 0 Å². The van der Waals surface area contributed by atoms with Gasteiger partial charge in [-0.15, -0.1) is 10.2 Å². The number of furan rings is 1. The molecule has 1 atom stereocenters. The predicted octanol–water partition coefficient (Wildman–Crippen LogP) is 4.88. The third-order valence-electron chi connectivity index (χ3n) is 3.44. The van der Waals surface area contributed by atoms with E-state index in [-0.39, 0.29) is 0 Å². The number of para-hydroxylation sites is 1. The molecule has 6 nitrogen and oxygen atoms in total. The molecule has 4 rings (SSSR count). The van der Waals surface area contributed by atoms with E-state index in [2.05, 4.69) is 52.4 Å². The van der Waals surface area contributed by atoms with Crippen LogP contribution in [0.3, 0.4) is 0 Å². The van der Waals surface area contributed by atoms with E-state index in [1.165, 1.54) is 11.8 Å². The van der Waals surface area contributed by atoms with Crippen LogP contribution in [0, 0.1) is 0 Å². The molecule has 3 heterocycles. The summed E-state index contributed by atoms with van der Waals surface area (Å²) in [5, 5.41) is 12.3. The fraction of sp³-hybridized carbons (Fsp3) is 0.133. The molecule has 24 heavy (non-hydrogen) atoms. The van der Waals surface area contributed by atoms with E-state index in [0.717, 1.165) is 15.7 Å². The summed E-state index contributed by atoms with van der Waals surface area (Å²) in [6.45, 7) is 0. The molecule has 0 unspecified atom stereocenters. The van der Waals surface area contributed by atoms with Gasteiger partial charge < -0.3 is 14.5 Å². The molecule has 1 aromatic carbocycles. The van der Waals surface area contributed by atoms with Crippen LogP contribution >= 0.6 is 43.6 Å². The quantitative estimate of drug-likeness (QED) is 0.536. The van der Waals surface area contributed by atoms with E-state index >= 15 is 0 Å². The van der Waals surface area contributed by atoms with Crippen LogP contribution in [0.4, 0.5) is 5.69 Å². The highest BCUT2D eigenvalue weighted by Gasteiger charge is 2.28. The van der Waals surface area contributed by atoms with Crippen molar-refractivity contribution in [2.75, 3.05) is 11.6 Å². The molecular weight excluding hydrogens is 460 g/mol. The van der Waals surface area contributed by atoms with Crippen molar-refractivity contribution in [1.29, 1.82) is 0 Å². The molecule has 1 N–H and O–H groups in total. The lowest BCUT2D eigenvalue weighted by Crippen LogP contribution is -2.16. The first-order valence-electron chi connectivity index (χ1n) is 6.91. The molecule has 2 aromatic heterocycles. The first-order chi connectivity index (χ1) is 11.7. The zero-order valence-corrected chi connectivity index (χ0v) is 16.3. The number of hydrogen-bond donors (Lipinski definition) is 1. The maximum atomic E-state index is 6.06. The van der Waals surface area contributed by atoms with Gasteiger partial charge in [0, 0.05) is 17.3 Å². The Bertz CT molecular complexity index is 899. The zero-order valence-electron chi connectivity index (χ0n) is 12.3. The monoisotopic (exact) mass is 468 g/mol. The lowest BCUT2D eigenvalue weighted by atomic mass is 10.1. The van der Waals surface area contributed by atoms with Gasteiger partial charge in [-0.1, -0.05) is 30.0 Å². The number of nitrogens with one attached hydrogen (secondary N) is 1. The molecule has 0 radical (unpaired) electrons. The second-order valence-corrected chi connectivity index (χ2v) is 7.26. The van der Waals surface area contributed by atoms with Gasteiger partial charge >= 0.3 is 0 Å². The SMILES string of the molecule is CSc1nnc2c(n1)O[C@@H](c1cc(Br)c(Br)o1)Nc1ccccc1-2. The Morgan fingerprint density at radius 2 is 2.04 bits per heavy atom. The number of fused-ring (bicyclic) bond motifs is 3. The molecule has 0 saturated heterocycles. The second-order valence-electron chi connectivity index (χ2n) is 4.91. The number of hydrogen-bond acceptors (Lipinski definition) is 7. The smallest absolute Gasteiger partial charge is 0.247 e. The van der Waals surface area contributed by atoms with Gasteiger partial charge in [0.1, 0.15) is 0 Å². The minimum atomic E-state index is -0.540. The first kappa shape index (κ1) is 15.9. The molecule has 0 amide bonds. The fourth-order valence-corrected chi connectivity index (χ4v) is 3.26. The summed E-state index contributed by atoms with van der Waals surface area (Å²) in [6.07, 6.45) is 1.35. The molecule has 0 bridgehead atoms. The molecule has 0 fully saturated rings. The topological polar surface area (TPSA) is 73.1 Å². The van der Waals surface area contributed by atoms with Crippen molar-refractivity contribution in [3.63, 3.8) is 0 Å². The summed E-state index contributed by atoms with van der Waals surface area (Å²) in [5.41, 5.74) is 2.35. The first-order valence-corrected chi connectivity index (χ1v) is 9.73. The van der Waals surface area contributed by atoms with E-state index in [1.807, 2.05) is 36.6 Å². The van der Waals surface area contributed by atoms with Crippen molar-refractivity contribution in [2.24, 2.45) is 0 Å². The summed E-state index contributed by atoms with van der Waals surface area (Å²) in [4.78, 5) is 4.46. The Kier molecular flexibility index (Phi) is 4.23. The highest BCUT2D eigenvalue weighted by molar-refractivity contribution is 9.13. The Morgan fingerprint density at radius 3 is 2.79 bits per heavy atom. The van der Waals surface area contributed by atoms with Gasteiger partial charge in [0.05, 0.1) is 4.47 Å². The maximum Gasteiger partial charge on any atom is 0.247 e. The molecule has 122 valence electrons. The molecule has 0 saturated carbocycles. The third-order valence-corrected chi connectivity index (χ3v) is 5.69. The predicted molar refractivity (Wildman–Crippen MR) is 98.1 cm³/mol. The van der Waals surface area contributed by atoms with Crippen LogP contribution in [-0.2, 0) is 0 Å². The summed E-state index contributed by atoms with van der Waals surface area (Å²) in [5.74, 6) is 1.03. The number of thioether (sulfide) groups is 1. The maximum absolute atomic E-state index is 6.06. The van der Waals surface area contributed by atoms with Crippen LogP contribution in [0.2, 0.25) is 0 Å². The van der Waals surface area contributed by atoms with E-state index in [0.29, 0.717) is 27.2 Å². The van der Waals surface area contributed by atoms with Gasteiger partial charge in [-0.05, 0) is 44.2 Å². The molecule has 3 aromatic rings. The number of anilines is 1. The molecule has 0 aliphatic carbocycles. The normalized spacial score (nSPS) is 15.7. The lowest BCUT2D eigenvalue weighted by Gasteiger charge is -2.16. The molecule has 1 aliphatic heterocycles. The van der Waals surface area contributed by atoms with Gasteiger partial charge in [0.15, 0.2) is 16.1 Å². The Morgan fingerprint density at radius 1 is 1.21 bits per heavy atom. The Hall–Kier alpha value is -1.58. The van der Waals surface area contributed by atoms with E-state index in [4.69, 9.17) is 9.15 Å². The van der Waals surface area contributed by atoms with Crippen molar-refractivity contribution < 1.29 is 9.15 Å². The molecule has 0 spiro atoms. The summed E-state index contributed by atoms with van der Waals surface area (Å²) >= 11 is 8.18. The molecule has 1 aliphatic rings. The van der Waals surface area contributed by atoms with Crippen LogP contribution in [-0.4, -0.2) is 21.4 Å². The van der Waals surface area contributed by atoms with Crippen molar-refractivity contribution in [3.8, 4) is 17.1 Å². The fourth-order valence-electron chi connectivity index (χ4n) is 2.35. The van der Waals surface area contributed by atoms with E-state index < -0.39 is 6.23 Å². The summed E-state index contributed by atoms with van der Waals surface area (Å²) in [6, 6.07) is 9.64. The molecule has 9 heteroatoms. The average Bonchev–Trinajstić information content (AvgIpc) is 2.85. The Labute approximate surface area is 158 Å². The largest absolute Gasteiger partial charge is 0.447 e. The standard InChI is InChI=1S/C15H10Br2N4O2S/c1-24-15-19-14-11(20-21-15)7-4-2-3-5-9(7)18-13(23-14)10-6-8(16)12(17)22-10/h2-6,13,18H,1H3/t13-/m0/s1. The van der Waals surface area contributed by atoms with Gasteiger partial charge in [-0.3, -0.25) is 0 Å². The molecular formula is C15H10Br2N4O2S. The minimum Gasteiger partial charge on any atom is -0.447 e. The van der Waals surface area contributed by atoms with Crippen molar-refractivity contribution >= 4 is 49.3 Å². The van der Waals surface area contributed by atoms with Crippen LogP contribution in [0.1, 0.15) is 12.0 Å². The number of ether oxygens (including phenoxy) is 1. The third kappa shape index (κ3) is 2.80. The number of aromatic nitrogens is 3. The van der Waals surface area contributed by atoms with Crippen LogP contribution < -0.4 is 10.1 Å². The highest BCUT2D eigenvalue weighted by Crippen LogP contribution is 2.40. The number of nitrogens with zero attached hydrogens (tertiary/aromatic N) is 3. The van der Waals surface area contributed by atoms with Crippen molar-refractivity contribution in [3.05, 3.63) is 45.2 Å². The summed E-state index contributed by atoms with van der Waals surface area (Å²) < 4.78 is 13.2. The highest BCUT2D eigenvalue weighted by atomic mass is 79.9. The summed E-state index contributed by atoms with van der Waals surface area (Å²) in [7, 11) is 0. The van der Waals surface area contributed by atoms with E-state index in [9.17, 15) is 0 Å². The Balaban J connectivity index is 1.86. The van der Waals surface area contributed by atoms with Crippen LogP contribution in [0.5, 0.6) is 5.88 Å². The lowest BCUT2D eigenvalue weighted by molar-refractivity contribution is 0.194. The van der Waals surface area contributed by atoms with Gasteiger partial charge in [-0.25, -0.2) is 0 Å². The second kappa shape index (κ2) is 6.38.